The van der Waals surface area contributed by atoms with E-state index in [4.69, 9.17) is 18.9 Å². The van der Waals surface area contributed by atoms with Crippen LogP contribution in [0.3, 0.4) is 0 Å². The minimum Gasteiger partial charge on any atom is -0.494 e. The van der Waals surface area contributed by atoms with Gasteiger partial charge in [-0.1, -0.05) is 36.4 Å². The minimum absolute atomic E-state index is 0.185. The summed E-state index contributed by atoms with van der Waals surface area (Å²) in [4.78, 5) is 24.8. The summed E-state index contributed by atoms with van der Waals surface area (Å²) in [5.74, 6) is 1.03. The van der Waals surface area contributed by atoms with Gasteiger partial charge >= 0.3 is 5.97 Å². The van der Waals surface area contributed by atoms with Crippen LogP contribution in [0.1, 0.15) is 29.8 Å². The van der Waals surface area contributed by atoms with E-state index in [0.717, 1.165) is 10.8 Å². The first kappa shape index (κ1) is 26.2. The van der Waals surface area contributed by atoms with Crippen LogP contribution in [-0.2, 0) is 4.79 Å². The fourth-order valence-electron chi connectivity index (χ4n) is 3.65. The van der Waals surface area contributed by atoms with E-state index in [1.54, 1.807) is 42.5 Å². The van der Waals surface area contributed by atoms with Crippen LogP contribution in [0.25, 0.3) is 10.8 Å². The predicted octanol–water partition coefficient (Wildman–Crippen LogP) is 5.39. The Morgan fingerprint density at radius 1 is 0.789 bits per heavy atom. The van der Waals surface area contributed by atoms with Gasteiger partial charge in [0, 0.05) is 5.39 Å². The first-order chi connectivity index (χ1) is 18.6. The zero-order valence-corrected chi connectivity index (χ0v) is 21.2. The summed E-state index contributed by atoms with van der Waals surface area (Å²) in [6, 6.07) is 25.2. The maximum atomic E-state index is 12.6. The van der Waals surface area contributed by atoms with E-state index in [1.165, 1.54) is 6.21 Å². The van der Waals surface area contributed by atoms with Crippen molar-refractivity contribution in [2.75, 3.05) is 19.8 Å². The molecule has 0 aliphatic heterocycles. The number of ether oxygens (including phenoxy) is 4. The van der Waals surface area contributed by atoms with E-state index in [-0.39, 0.29) is 12.4 Å². The van der Waals surface area contributed by atoms with E-state index in [2.05, 4.69) is 10.5 Å². The maximum Gasteiger partial charge on any atom is 0.343 e. The third kappa shape index (κ3) is 6.88. The van der Waals surface area contributed by atoms with Gasteiger partial charge in [0.05, 0.1) is 25.0 Å². The molecule has 0 fully saturated rings. The second-order valence-electron chi connectivity index (χ2n) is 8.05. The van der Waals surface area contributed by atoms with Crippen LogP contribution >= 0.6 is 0 Å². The van der Waals surface area contributed by atoms with Gasteiger partial charge in [-0.3, -0.25) is 4.79 Å². The molecule has 8 nitrogen and oxygen atoms in total. The van der Waals surface area contributed by atoms with Crippen LogP contribution in [0, 0.1) is 0 Å². The van der Waals surface area contributed by atoms with E-state index in [0.29, 0.717) is 41.6 Å². The zero-order valence-electron chi connectivity index (χ0n) is 21.2. The van der Waals surface area contributed by atoms with Gasteiger partial charge in [-0.05, 0) is 73.3 Å². The molecule has 0 spiro atoms. The van der Waals surface area contributed by atoms with Crippen LogP contribution in [0.2, 0.25) is 0 Å². The van der Waals surface area contributed by atoms with Crippen molar-refractivity contribution in [1.29, 1.82) is 0 Å². The van der Waals surface area contributed by atoms with Crippen molar-refractivity contribution in [3.05, 3.63) is 96.1 Å². The molecule has 0 saturated heterocycles. The third-order valence-electron chi connectivity index (χ3n) is 5.38. The largest absolute Gasteiger partial charge is 0.494 e. The highest BCUT2D eigenvalue weighted by Crippen LogP contribution is 2.29. The number of hydrogen-bond donors (Lipinski definition) is 1. The van der Waals surface area contributed by atoms with Gasteiger partial charge in [-0.2, -0.15) is 5.10 Å². The maximum absolute atomic E-state index is 12.6. The molecule has 8 heteroatoms. The van der Waals surface area contributed by atoms with Crippen molar-refractivity contribution >= 4 is 28.9 Å². The topological polar surface area (TPSA) is 95.5 Å². The molecule has 0 bridgehead atoms. The number of hydrogen-bond acceptors (Lipinski definition) is 7. The van der Waals surface area contributed by atoms with Crippen LogP contribution in [-0.4, -0.2) is 37.9 Å². The molecule has 4 rings (SSSR count). The van der Waals surface area contributed by atoms with Crippen LogP contribution in [0.4, 0.5) is 0 Å². The van der Waals surface area contributed by atoms with Crippen molar-refractivity contribution in [3.63, 3.8) is 0 Å². The number of hydrazone groups is 1. The fraction of sp³-hybridized carbons (Fsp3) is 0.167. The number of rotatable bonds is 11. The summed E-state index contributed by atoms with van der Waals surface area (Å²) < 4.78 is 22.3. The summed E-state index contributed by atoms with van der Waals surface area (Å²) in [6.07, 6.45) is 1.47. The number of benzene rings is 4. The Hall–Kier alpha value is -4.85. The van der Waals surface area contributed by atoms with Gasteiger partial charge in [0.1, 0.15) is 11.5 Å². The van der Waals surface area contributed by atoms with Gasteiger partial charge < -0.3 is 18.9 Å². The molecule has 1 N–H and O–H groups in total. The molecule has 0 radical (unpaired) electrons. The minimum atomic E-state index is -0.520. The third-order valence-corrected chi connectivity index (χ3v) is 5.38. The average molecular weight is 513 g/mol. The van der Waals surface area contributed by atoms with E-state index >= 15 is 0 Å². The molecule has 4 aromatic carbocycles. The monoisotopic (exact) mass is 512 g/mol. The number of nitrogens with zero attached hydrogens (tertiary/aromatic N) is 1. The van der Waals surface area contributed by atoms with Crippen LogP contribution in [0.5, 0.6) is 23.0 Å². The van der Waals surface area contributed by atoms with E-state index in [9.17, 15) is 9.59 Å². The first-order valence-corrected chi connectivity index (χ1v) is 12.2. The average Bonchev–Trinajstić information content (AvgIpc) is 2.94. The van der Waals surface area contributed by atoms with Crippen molar-refractivity contribution in [2.45, 2.75) is 13.8 Å². The van der Waals surface area contributed by atoms with Gasteiger partial charge in [-0.25, -0.2) is 10.2 Å². The Morgan fingerprint density at radius 2 is 1.55 bits per heavy atom. The lowest BCUT2D eigenvalue weighted by Gasteiger charge is -2.12. The highest BCUT2D eigenvalue weighted by atomic mass is 16.6. The Bertz CT molecular complexity index is 1430. The highest BCUT2D eigenvalue weighted by Gasteiger charge is 2.14. The van der Waals surface area contributed by atoms with Crippen molar-refractivity contribution in [1.82, 2.24) is 5.43 Å². The first-order valence-electron chi connectivity index (χ1n) is 12.2. The Kier molecular flexibility index (Phi) is 8.91. The Labute approximate surface area is 220 Å². The van der Waals surface area contributed by atoms with Crippen molar-refractivity contribution < 1.29 is 28.5 Å². The zero-order chi connectivity index (χ0) is 26.7. The molecule has 0 atom stereocenters. The van der Waals surface area contributed by atoms with Gasteiger partial charge in [-0.15, -0.1) is 0 Å². The number of amides is 1. The molecule has 194 valence electrons. The number of carbonyl (C=O) groups excluding carboxylic acids is 2. The second kappa shape index (κ2) is 12.9. The standard InChI is InChI=1S/C30H28N2O6/c1-3-35-24-15-13-23(14-16-24)30(34)38-27-17-12-21(18-28(27)36-4-2)19-31-32-29(33)20-37-26-11-7-9-22-8-5-6-10-25(22)26/h5-19H,3-4,20H2,1-2H3,(H,32,33)/b31-19-. The van der Waals surface area contributed by atoms with Gasteiger partial charge in [0.15, 0.2) is 18.1 Å². The van der Waals surface area contributed by atoms with Crippen molar-refractivity contribution in [3.8, 4) is 23.0 Å². The lowest BCUT2D eigenvalue weighted by molar-refractivity contribution is -0.123. The summed E-state index contributed by atoms with van der Waals surface area (Å²) in [7, 11) is 0. The predicted molar refractivity (Wildman–Crippen MR) is 145 cm³/mol. The number of carbonyl (C=O) groups is 2. The molecule has 38 heavy (non-hydrogen) atoms. The molecule has 0 aliphatic carbocycles. The summed E-state index contributed by atoms with van der Waals surface area (Å²) >= 11 is 0. The molecule has 0 heterocycles. The molecule has 0 unspecified atom stereocenters. The Morgan fingerprint density at radius 3 is 2.34 bits per heavy atom. The normalized spacial score (nSPS) is 10.8. The molecule has 0 aromatic heterocycles. The fourth-order valence-corrected chi connectivity index (χ4v) is 3.65. The van der Waals surface area contributed by atoms with Crippen LogP contribution < -0.4 is 24.4 Å². The SMILES string of the molecule is CCOc1ccc(C(=O)Oc2ccc(/C=N\NC(=O)COc3cccc4ccccc34)cc2OCC)cc1. The Balaban J connectivity index is 1.35. The molecular formula is C30H28N2O6. The molecule has 0 aliphatic rings. The number of fused-ring (bicyclic) bond motifs is 1. The molecule has 1 amide bonds. The van der Waals surface area contributed by atoms with E-state index in [1.807, 2.05) is 56.3 Å². The van der Waals surface area contributed by atoms with Crippen LogP contribution in [0.15, 0.2) is 90.0 Å². The smallest absolute Gasteiger partial charge is 0.343 e. The van der Waals surface area contributed by atoms with Crippen molar-refractivity contribution in [2.24, 2.45) is 5.10 Å². The summed E-state index contributed by atoms with van der Waals surface area (Å²) in [6.45, 7) is 4.45. The van der Waals surface area contributed by atoms with Gasteiger partial charge in [0.25, 0.3) is 5.91 Å². The van der Waals surface area contributed by atoms with Gasteiger partial charge in [0.2, 0.25) is 0 Å². The lowest BCUT2D eigenvalue weighted by atomic mass is 10.1. The number of nitrogens with one attached hydrogen (secondary N) is 1. The highest BCUT2D eigenvalue weighted by molar-refractivity contribution is 5.92. The van der Waals surface area contributed by atoms with E-state index < -0.39 is 11.9 Å². The summed E-state index contributed by atoms with van der Waals surface area (Å²) in [5, 5.41) is 5.96. The lowest BCUT2D eigenvalue weighted by Crippen LogP contribution is -2.24. The molecule has 4 aromatic rings. The second-order valence-corrected chi connectivity index (χ2v) is 8.05. The summed E-state index contributed by atoms with van der Waals surface area (Å²) in [5.41, 5.74) is 3.48. The quantitative estimate of drug-likeness (QED) is 0.125. The molecular weight excluding hydrogens is 484 g/mol. The molecule has 0 saturated carbocycles. The number of esters is 1.